The number of hydrogen-bond donors (Lipinski definition) is 6. The molecule has 8 N–H and O–H groups in total. The van der Waals surface area contributed by atoms with Crippen LogP contribution in [0.5, 0.6) is 0 Å². The highest BCUT2D eigenvalue weighted by Gasteiger charge is 2.53. The van der Waals surface area contributed by atoms with Crippen LogP contribution in [-0.2, 0) is 51.2 Å². The number of fused-ring (bicyclic) bond motifs is 5. The van der Waals surface area contributed by atoms with Crippen LogP contribution in [0.2, 0.25) is 0 Å². The van der Waals surface area contributed by atoms with Gasteiger partial charge in [-0.15, -0.1) is 10.2 Å². The van der Waals surface area contributed by atoms with Crippen LogP contribution in [0, 0.1) is 0 Å². The number of nitrogen functional groups attached to an aromatic ring is 2. The zero-order chi connectivity index (χ0) is 31.8. The van der Waals surface area contributed by atoms with E-state index < -0.39 is 81.4 Å². The molecule has 10 atom stereocenters. The van der Waals surface area contributed by atoms with Gasteiger partial charge in [0.1, 0.15) is 30.5 Å². The molecule has 4 aromatic rings. The molecule has 21 nitrogen and oxygen atoms in total. The van der Waals surface area contributed by atoms with Gasteiger partial charge >= 0.3 is 13.4 Å². The summed E-state index contributed by atoms with van der Waals surface area (Å²) in [4.78, 5) is 44.7. The number of alkyl halides is 1. The molecule has 4 aromatic heterocycles. The summed E-state index contributed by atoms with van der Waals surface area (Å²) in [5.74, 6) is -0.267. The molecule has 3 fully saturated rings. The van der Waals surface area contributed by atoms with Gasteiger partial charge in [0.2, 0.25) is 5.95 Å². The Morgan fingerprint density at radius 3 is 2.31 bits per heavy atom. The Balaban J connectivity index is 1.21. The van der Waals surface area contributed by atoms with E-state index in [1.165, 1.54) is 12.3 Å². The molecule has 242 valence electrons. The van der Waals surface area contributed by atoms with E-state index >= 15 is 4.39 Å². The van der Waals surface area contributed by atoms with Gasteiger partial charge in [-0.25, -0.2) is 9.37 Å². The van der Waals surface area contributed by atoms with Crippen LogP contribution < -0.4 is 17.0 Å². The van der Waals surface area contributed by atoms with Crippen LogP contribution in [0.1, 0.15) is 12.5 Å². The summed E-state index contributed by atoms with van der Waals surface area (Å²) in [6.45, 7) is -9.85. The molecule has 7 heterocycles. The van der Waals surface area contributed by atoms with Crippen molar-refractivity contribution in [2.45, 2.75) is 49.1 Å². The van der Waals surface area contributed by atoms with Crippen molar-refractivity contribution in [3.63, 3.8) is 0 Å². The van der Waals surface area contributed by atoms with Gasteiger partial charge in [0.25, 0.3) is 5.56 Å². The lowest BCUT2D eigenvalue weighted by molar-refractivity contribution is -0.0655. The van der Waals surface area contributed by atoms with E-state index in [0.717, 1.165) is 9.36 Å². The number of aliphatic hydroxyl groups is 1. The van der Waals surface area contributed by atoms with E-state index in [1.54, 1.807) is 0 Å². The molecule has 3 aliphatic rings. The fourth-order valence-corrected chi connectivity index (χ4v) is 7.93. The Kier molecular flexibility index (Phi) is 7.71. The topological polar surface area (TPSA) is 288 Å². The van der Waals surface area contributed by atoms with Gasteiger partial charge in [-0.1, -0.05) is 10.4 Å². The molecular weight excluding hydrogens is 687 g/mol. The third kappa shape index (κ3) is 5.54. The molecular formula is C19H22FN11O10P2S2. The second-order valence-corrected chi connectivity index (χ2v) is 15.6. The van der Waals surface area contributed by atoms with Gasteiger partial charge in [-0.2, -0.15) is 14.3 Å². The highest BCUT2D eigenvalue weighted by atomic mass is 32.5. The van der Waals surface area contributed by atoms with Crippen LogP contribution in [0.25, 0.3) is 22.3 Å². The first kappa shape index (κ1) is 30.9. The van der Waals surface area contributed by atoms with Crippen molar-refractivity contribution in [3.05, 3.63) is 22.6 Å². The largest absolute Gasteiger partial charge is 0.397 e. The van der Waals surface area contributed by atoms with E-state index in [4.69, 9.17) is 62.6 Å². The minimum Gasteiger partial charge on any atom is -0.397 e. The first-order valence-corrected chi connectivity index (χ1v) is 18.0. The van der Waals surface area contributed by atoms with Crippen LogP contribution in [0.15, 0.2) is 17.1 Å². The van der Waals surface area contributed by atoms with Gasteiger partial charge in [-0.05, 0) is 29.7 Å². The molecule has 2 unspecified atom stereocenters. The summed E-state index contributed by atoms with van der Waals surface area (Å²) in [5, 5.41) is 26.6. The van der Waals surface area contributed by atoms with Gasteiger partial charge in [0.05, 0.1) is 18.9 Å². The Morgan fingerprint density at radius 2 is 1.58 bits per heavy atom. The zero-order valence-electron chi connectivity index (χ0n) is 22.2. The van der Waals surface area contributed by atoms with Crippen molar-refractivity contribution < 1.29 is 46.9 Å². The first-order chi connectivity index (χ1) is 21.3. The van der Waals surface area contributed by atoms with Crippen LogP contribution >= 0.6 is 13.4 Å². The molecule has 7 rings (SSSR count). The van der Waals surface area contributed by atoms with E-state index in [1.807, 2.05) is 0 Å². The van der Waals surface area contributed by atoms with Gasteiger partial charge in [0, 0.05) is 6.20 Å². The molecule has 26 heteroatoms. The predicted octanol–water partition coefficient (Wildman–Crippen LogP) is -1.74. The Hall–Kier alpha value is -2.70. The molecule has 0 aliphatic carbocycles. The van der Waals surface area contributed by atoms with Crippen molar-refractivity contribution >= 4 is 71.0 Å². The van der Waals surface area contributed by atoms with Crippen LogP contribution in [0.3, 0.4) is 0 Å². The van der Waals surface area contributed by atoms with E-state index in [-0.39, 0.29) is 34.0 Å². The Bertz CT molecular complexity index is 1950. The number of anilines is 2. The summed E-state index contributed by atoms with van der Waals surface area (Å²) in [5.41, 5.74) is 11.0. The summed E-state index contributed by atoms with van der Waals surface area (Å²) in [7, 11) is 0. The minimum atomic E-state index is -4.30. The number of aromatic nitrogens is 9. The maximum absolute atomic E-state index is 16.0. The third-order valence-corrected chi connectivity index (χ3v) is 10.2. The number of H-pyrrole nitrogens is 1. The van der Waals surface area contributed by atoms with Crippen molar-refractivity contribution in [2.24, 2.45) is 0 Å². The smallest absolute Gasteiger partial charge is 0.325 e. The molecule has 0 saturated carbocycles. The normalized spacial score (nSPS) is 37.7. The molecule has 0 amide bonds. The average Bonchev–Trinajstić information content (AvgIpc) is 3.72. The maximum atomic E-state index is 16.0. The second kappa shape index (κ2) is 11.2. The van der Waals surface area contributed by atoms with E-state index in [9.17, 15) is 19.7 Å². The third-order valence-electron chi connectivity index (χ3n) is 7.12. The molecule has 0 aromatic carbocycles. The average molecular weight is 710 g/mol. The summed E-state index contributed by atoms with van der Waals surface area (Å²) in [6.07, 6.45) is -11.1. The van der Waals surface area contributed by atoms with E-state index in [0.29, 0.717) is 0 Å². The first-order valence-electron chi connectivity index (χ1n) is 12.8. The predicted molar refractivity (Wildman–Crippen MR) is 153 cm³/mol. The summed E-state index contributed by atoms with van der Waals surface area (Å²) >= 11 is 10.3. The molecule has 3 saturated heterocycles. The van der Waals surface area contributed by atoms with Crippen molar-refractivity contribution in [2.75, 3.05) is 24.7 Å². The van der Waals surface area contributed by atoms with Crippen molar-refractivity contribution in [1.82, 2.24) is 44.9 Å². The monoisotopic (exact) mass is 709 g/mol. The Morgan fingerprint density at radius 1 is 0.956 bits per heavy atom. The van der Waals surface area contributed by atoms with Crippen molar-refractivity contribution in [1.29, 1.82) is 0 Å². The number of aliphatic hydroxyl groups excluding tert-OH is 1. The fourth-order valence-electron chi connectivity index (χ4n) is 5.08. The SMILES string of the molecule is Nc1nc2c(nnn2[C@@H]2O[C@@H]3COP(O)(=S)O[C@H]4[C@H](F)[C@H](n5nnc6c(N)ccnc65)O[C@@H]4COP(O)(=S)O[C@@H]2[C@@H]3O)c(=O)[nH]1. The molecule has 45 heavy (non-hydrogen) atoms. The molecule has 0 spiro atoms. The second-order valence-electron chi connectivity index (χ2n) is 10.00. The number of ether oxygens (including phenoxy) is 2. The number of pyridine rings is 1. The van der Waals surface area contributed by atoms with Gasteiger partial charge in [0.15, 0.2) is 41.0 Å². The van der Waals surface area contributed by atoms with Gasteiger partial charge < -0.3 is 44.9 Å². The molecule has 0 radical (unpaired) electrons. The number of nitrogens with two attached hydrogens (primary N) is 2. The maximum Gasteiger partial charge on any atom is 0.325 e. The standard InChI is InChI=1S/C19H22FN11O10P2S2/c20-8-12-7(39-17(8)30-14-9(26-28-30)5(21)1-2-23-14)4-37-43(35,45)41-13-11(32)6(3-36-42(34,44)40-12)38-18(13)31-15-10(27-29-31)16(33)25-19(22)24-15/h1-2,6-8,11-13,17-18,32H,3-4H2,(H2,21,23)(H,34,44)(H,35,45)(H3,22,24,25,33)/t6-,7-,8+,11-,12-,13-,17-,18-,42?,43?/m1/s1. The highest BCUT2D eigenvalue weighted by molar-refractivity contribution is 8.07. The zero-order valence-corrected chi connectivity index (χ0v) is 25.6. The van der Waals surface area contributed by atoms with Crippen molar-refractivity contribution in [3.8, 4) is 0 Å². The van der Waals surface area contributed by atoms with Crippen LogP contribution in [-0.4, -0.2) is 110 Å². The highest BCUT2D eigenvalue weighted by Crippen LogP contribution is 2.54. The number of nitrogens with one attached hydrogen (secondary N) is 1. The summed E-state index contributed by atoms with van der Waals surface area (Å²) < 4.78 is 51.9. The molecule has 2 bridgehead atoms. The fraction of sp³-hybridized carbons (Fsp3) is 0.526. The summed E-state index contributed by atoms with van der Waals surface area (Å²) in [6, 6.07) is 1.49. The van der Waals surface area contributed by atoms with Crippen LogP contribution in [0.4, 0.5) is 16.0 Å². The lowest BCUT2D eigenvalue weighted by Crippen LogP contribution is -2.35. The number of halogens is 1. The van der Waals surface area contributed by atoms with Gasteiger partial charge in [-0.3, -0.25) is 18.8 Å². The number of rotatable bonds is 2. The number of aromatic amines is 1. The lowest BCUT2D eigenvalue weighted by Gasteiger charge is -2.27. The number of hydrogen-bond acceptors (Lipinski definition) is 18. The quantitative estimate of drug-likeness (QED) is 0.126. The Labute approximate surface area is 259 Å². The minimum absolute atomic E-state index is 0.0975. The van der Waals surface area contributed by atoms with E-state index in [2.05, 4.69) is 35.6 Å². The number of nitrogens with zero attached hydrogens (tertiary/aromatic N) is 8. The lowest BCUT2D eigenvalue weighted by atomic mass is 10.1. The molecule has 3 aliphatic heterocycles.